The lowest BCUT2D eigenvalue weighted by atomic mass is 10.1. The van der Waals surface area contributed by atoms with Gasteiger partial charge in [-0.1, -0.05) is 38.1 Å². The summed E-state index contributed by atoms with van der Waals surface area (Å²) in [5.41, 5.74) is 2.58. The Morgan fingerprint density at radius 1 is 1.04 bits per heavy atom. The molecule has 0 aliphatic carbocycles. The van der Waals surface area contributed by atoms with E-state index < -0.39 is 0 Å². The van der Waals surface area contributed by atoms with Crippen LogP contribution in [0.5, 0.6) is 0 Å². The molecule has 0 unspecified atom stereocenters. The summed E-state index contributed by atoms with van der Waals surface area (Å²) in [7, 11) is 0. The van der Waals surface area contributed by atoms with E-state index in [9.17, 15) is 0 Å². The highest BCUT2D eigenvalue weighted by molar-refractivity contribution is 14.0. The minimum absolute atomic E-state index is 0. The van der Waals surface area contributed by atoms with Crippen molar-refractivity contribution in [2.45, 2.75) is 47.1 Å². The van der Waals surface area contributed by atoms with Gasteiger partial charge < -0.3 is 15.5 Å². The van der Waals surface area contributed by atoms with Gasteiger partial charge in [-0.3, -0.25) is 0 Å². The van der Waals surface area contributed by atoms with E-state index >= 15 is 0 Å². The van der Waals surface area contributed by atoms with Gasteiger partial charge >= 0.3 is 0 Å². The Labute approximate surface area is 165 Å². The third-order valence-corrected chi connectivity index (χ3v) is 4.10. The lowest BCUT2D eigenvalue weighted by Gasteiger charge is -2.18. The Hall–Kier alpha value is -0.820. The molecule has 0 saturated heterocycles. The number of rotatable bonds is 10. The minimum atomic E-state index is 0. The van der Waals surface area contributed by atoms with Crippen molar-refractivity contribution in [3.63, 3.8) is 0 Å². The van der Waals surface area contributed by atoms with Crippen LogP contribution in [-0.2, 0) is 6.54 Å². The summed E-state index contributed by atoms with van der Waals surface area (Å²) in [4.78, 5) is 7.16. The second-order valence-corrected chi connectivity index (χ2v) is 5.78. The molecule has 138 valence electrons. The Bertz CT molecular complexity index is 458. The normalized spacial score (nSPS) is 11.3. The van der Waals surface area contributed by atoms with Gasteiger partial charge in [0, 0.05) is 13.1 Å². The molecule has 0 spiro atoms. The van der Waals surface area contributed by atoms with Gasteiger partial charge in [0.1, 0.15) is 0 Å². The number of halogens is 1. The van der Waals surface area contributed by atoms with Crippen molar-refractivity contribution < 1.29 is 0 Å². The molecule has 5 heteroatoms. The fraction of sp³-hybridized carbons (Fsp3) is 0.632. The lowest BCUT2D eigenvalue weighted by Crippen LogP contribution is -2.38. The van der Waals surface area contributed by atoms with Crippen molar-refractivity contribution in [1.29, 1.82) is 0 Å². The molecular formula is C19H35IN4. The highest BCUT2D eigenvalue weighted by atomic mass is 127. The summed E-state index contributed by atoms with van der Waals surface area (Å²) in [5.74, 6) is 0.915. The Kier molecular flexibility index (Phi) is 14.0. The maximum Gasteiger partial charge on any atom is 0.191 e. The third-order valence-electron chi connectivity index (χ3n) is 4.10. The first-order chi connectivity index (χ1) is 11.2. The van der Waals surface area contributed by atoms with Crippen molar-refractivity contribution in [1.82, 2.24) is 15.5 Å². The predicted octanol–water partition coefficient (Wildman–Crippen LogP) is 3.79. The van der Waals surface area contributed by atoms with Crippen LogP contribution < -0.4 is 10.6 Å². The molecule has 1 aromatic carbocycles. The number of nitrogens with zero attached hydrogens (tertiary/aromatic N) is 2. The fourth-order valence-electron chi connectivity index (χ4n) is 2.50. The average molecular weight is 446 g/mol. The molecular weight excluding hydrogens is 411 g/mol. The summed E-state index contributed by atoms with van der Waals surface area (Å²) in [6.07, 6.45) is 2.40. The van der Waals surface area contributed by atoms with Gasteiger partial charge in [-0.2, -0.15) is 0 Å². The lowest BCUT2D eigenvalue weighted by molar-refractivity contribution is 0.297. The summed E-state index contributed by atoms with van der Waals surface area (Å²) in [5, 5.41) is 6.76. The average Bonchev–Trinajstić information content (AvgIpc) is 2.57. The maximum atomic E-state index is 4.69. The molecule has 0 fully saturated rings. The van der Waals surface area contributed by atoms with E-state index in [1.165, 1.54) is 30.5 Å². The monoisotopic (exact) mass is 446 g/mol. The van der Waals surface area contributed by atoms with Crippen molar-refractivity contribution >= 4 is 29.9 Å². The molecule has 0 atom stereocenters. The van der Waals surface area contributed by atoms with E-state index in [2.05, 4.69) is 67.5 Å². The minimum Gasteiger partial charge on any atom is -0.357 e. The Morgan fingerprint density at radius 2 is 1.75 bits per heavy atom. The highest BCUT2D eigenvalue weighted by Crippen LogP contribution is 2.07. The van der Waals surface area contributed by atoms with Gasteiger partial charge in [-0.15, -0.1) is 24.0 Å². The molecule has 1 aromatic rings. The summed E-state index contributed by atoms with van der Waals surface area (Å²) in [6.45, 7) is 14.7. The second kappa shape index (κ2) is 14.5. The number of hydrogen-bond donors (Lipinski definition) is 2. The number of unbranched alkanes of at least 4 members (excludes halogenated alkanes) is 1. The highest BCUT2D eigenvalue weighted by Gasteiger charge is 2.01. The van der Waals surface area contributed by atoms with Crippen LogP contribution in [0, 0.1) is 6.92 Å². The van der Waals surface area contributed by atoms with E-state index in [0.717, 1.165) is 38.7 Å². The quantitative estimate of drug-likeness (QED) is 0.249. The molecule has 24 heavy (non-hydrogen) atoms. The van der Waals surface area contributed by atoms with Gasteiger partial charge in [-0.05, 0) is 57.5 Å². The number of nitrogens with one attached hydrogen (secondary N) is 2. The summed E-state index contributed by atoms with van der Waals surface area (Å²) in [6, 6.07) is 8.43. The molecule has 0 aromatic heterocycles. The predicted molar refractivity (Wildman–Crippen MR) is 116 cm³/mol. The molecule has 0 bridgehead atoms. The van der Waals surface area contributed by atoms with Crippen LogP contribution in [0.1, 0.15) is 44.7 Å². The molecule has 0 aliphatic heterocycles. The van der Waals surface area contributed by atoms with E-state index in [1.54, 1.807) is 0 Å². The summed E-state index contributed by atoms with van der Waals surface area (Å²) < 4.78 is 0. The standard InChI is InChI=1S/C19H34N4.HI/c1-5-20-19(21-14-10-11-15-23(6-2)7-3)22-16-18-13-9-8-12-17(18)4;/h8-9,12-13H,5-7,10-11,14-16H2,1-4H3,(H2,20,21,22);1H. The van der Waals surface area contributed by atoms with Crippen LogP contribution >= 0.6 is 24.0 Å². The Balaban J connectivity index is 0.00000529. The van der Waals surface area contributed by atoms with Crippen molar-refractivity contribution in [2.75, 3.05) is 32.7 Å². The Morgan fingerprint density at radius 3 is 2.38 bits per heavy atom. The van der Waals surface area contributed by atoms with Gasteiger partial charge in [0.05, 0.1) is 6.54 Å². The first kappa shape index (κ1) is 23.2. The van der Waals surface area contributed by atoms with Crippen molar-refractivity contribution in [2.24, 2.45) is 4.99 Å². The smallest absolute Gasteiger partial charge is 0.191 e. The van der Waals surface area contributed by atoms with E-state index in [4.69, 9.17) is 4.99 Å². The van der Waals surface area contributed by atoms with E-state index in [1.807, 2.05) is 0 Å². The number of benzene rings is 1. The fourth-order valence-corrected chi connectivity index (χ4v) is 2.50. The molecule has 0 heterocycles. The van der Waals surface area contributed by atoms with Gasteiger partial charge in [-0.25, -0.2) is 4.99 Å². The SMILES string of the molecule is CCNC(=NCc1ccccc1C)NCCCCN(CC)CC.I. The number of aryl methyl sites for hydroxylation is 1. The number of hydrogen-bond acceptors (Lipinski definition) is 2. The molecule has 1 rings (SSSR count). The van der Waals surface area contributed by atoms with Crippen LogP contribution in [0.4, 0.5) is 0 Å². The van der Waals surface area contributed by atoms with Crippen LogP contribution in [0.2, 0.25) is 0 Å². The molecule has 0 saturated carbocycles. The van der Waals surface area contributed by atoms with Gasteiger partial charge in [0.15, 0.2) is 5.96 Å². The van der Waals surface area contributed by atoms with Gasteiger partial charge in [0.25, 0.3) is 0 Å². The maximum absolute atomic E-state index is 4.69. The third kappa shape index (κ3) is 9.47. The van der Waals surface area contributed by atoms with Gasteiger partial charge in [0.2, 0.25) is 0 Å². The molecule has 0 amide bonds. The van der Waals surface area contributed by atoms with E-state index in [-0.39, 0.29) is 24.0 Å². The van der Waals surface area contributed by atoms with Crippen LogP contribution in [0.15, 0.2) is 29.3 Å². The first-order valence-electron chi connectivity index (χ1n) is 9.00. The van der Waals surface area contributed by atoms with Crippen molar-refractivity contribution in [3.05, 3.63) is 35.4 Å². The largest absolute Gasteiger partial charge is 0.357 e. The zero-order valence-corrected chi connectivity index (χ0v) is 18.1. The number of guanidine groups is 1. The summed E-state index contributed by atoms with van der Waals surface area (Å²) >= 11 is 0. The zero-order valence-electron chi connectivity index (χ0n) is 15.8. The zero-order chi connectivity index (χ0) is 16.9. The first-order valence-corrected chi connectivity index (χ1v) is 9.00. The topological polar surface area (TPSA) is 39.7 Å². The second-order valence-electron chi connectivity index (χ2n) is 5.78. The molecule has 0 radical (unpaired) electrons. The van der Waals surface area contributed by atoms with Crippen LogP contribution in [0.3, 0.4) is 0 Å². The van der Waals surface area contributed by atoms with Crippen LogP contribution in [-0.4, -0.2) is 43.6 Å². The molecule has 2 N–H and O–H groups in total. The molecule has 0 aliphatic rings. The van der Waals surface area contributed by atoms with Crippen LogP contribution in [0.25, 0.3) is 0 Å². The molecule has 4 nitrogen and oxygen atoms in total. The van der Waals surface area contributed by atoms with Crippen molar-refractivity contribution in [3.8, 4) is 0 Å². The number of aliphatic imine (C=N–C) groups is 1. The van der Waals surface area contributed by atoms with E-state index in [0.29, 0.717) is 0 Å².